The number of anilines is 1. The number of rotatable bonds is 2. The standard InChI is InChI=1S/C23H26N2O2/c1-17-7-5-8-19(15-17)23(27)25-14-6-9-18-16-20(10-11-21(18)25)22(26)24-12-3-2-4-13-24/h5,7-8,10-11,15-16H,2-4,6,9,12-14H2,1H3. The van der Waals surface area contributed by atoms with Crippen molar-refractivity contribution in [2.75, 3.05) is 24.5 Å². The number of piperidine rings is 1. The van der Waals surface area contributed by atoms with Crippen molar-refractivity contribution in [1.29, 1.82) is 0 Å². The number of amides is 2. The van der Waals surface area contributed by atoms with Crippen molar-refractivity contribution < 1.29 is 9.59 Å². The van der Waals surface area contributed by atoms with Gasteiger partial charge in [0.1, 0.15) is 0 Å². The van der Waals surface area contributed by atoms with E-state index in [0.717, 1.165) is 73.3 Å². The first kappa shape index (κ1) is 17.8. The highest BCUT2D eigenvalue weighted by Gasteiger charge is 2.25. The predicted molar refractivity (Wildman–Crippen MR) is 107 cm³/mol. The zero-order chi connectivity index (χ0) is 18.8. The van der Waals surface area contributed by atoms with Crippen molar-refractivity contribution in [2.45, 2.75) is 39.0 Å². The second kappa shape index (κ2) is 7.55. The Morgan fingerprint density at radius 2 is 1.59 bits per heavy atom. The minimum absolute atomic E-state index is 0.0368. The number of hydrogen-bond donors (Lipinski definition) is 0. The molecule has 0 bridgehead atoms. The van der Waals surface area contributed by atoms with Crippen LogP contribution in [0.1, 0.15) is 57.5 Å². The van der Waals surface area contributed by atoms with Gasteiger partial charge in [0.25, 0.3) is 11.8 Å². The average Bonchev–Trinajstić information content (AvgIpc) is 2.72. The molecular weight excluding hydrogens is 336 g/mol. The van der Waals surface area contributed by atoms with Crippen molar-refractivity contribution >= 4 is 17.5 Å². The Bertz CT molecular complexity index is 868. The van der Waals surface area contributed by atoms with Crippen LogP contribution < -0.4 is 4.90 Å². The molecule has 1 fully saturated rings. The highest BCUT2D eigenvalue weighted by molar-refractivity contribution is 6.07. The second-order valence-electron chi connectivity index (χ2n) is 7.63. The molecule has 2 heterocycles. The van der Waals surface area contributed by atoms with Crippen LogP contribution in [0.4, 0.5) is 5.69 Å². The number of fused-ring (bicyclic) bond motifs is 1. The monoisotopic (exact) mass is 362 g/mol. The fourth-order valence-electron chi connectivity index (χ4n) is 4.15. The largest absolute Gasteiger partial charge is 0.339 e. The first-order valence-corrected chi connectivity index (χ1v) is 9.94. The van der Waals surface area contributed by atoms with Gasteiger partial charge in [-0.2, -0.15) is 0 Å². The number of carbonyl (C=O) groups excluding carboxylic acids is 2. The Morgan fingerprint density at radius 1 is 0.815 bits per heavy atom. The summed E-state index contributed by atoms with van der Waals surface area (Å²) in [5, 5.41) is 0. The molecule has 0 saturated carbocycles. The summed E-state index contributed by atoms with van der Waals surface area (Å²) in [5.41, 5.74) is 4.60. The molecule has 2 aromatic rings. The van der Waals surface area contributed by atoms with Gasteiger partial charge in [-0.05, 0) is 74.9 Å². The molecule has 2 amide bonds. The Kier molecular flexibility index (Phi) is 4.97. The van der Waals surface area contributed by atoms with Crippen LogP contribution in [0, 0.1) is 6.92 Å². The molecule has 27 heavy (non-hydrogen) atoms. The molecule has 2 aliphatic rings. The summed E-state index contributed by atoms with van der Waals surface area (Å²) in [7, 11) is 0. The highest BCUT2D eigenvalue weighted by atomic mass is 16.2. The van der Waals surface area contributed by atoms with Crippen molar-refractivity contribution in [1.82, 2.24) is 4.90 Å². The maximum Gasteiger partial charge on any atom is 0.258 e. The topological polar surface area (TPSA) is 40.6 Å². The second-order valence-corrected chi connectivity index (χ2v) is 7.63. The molecule has 0 unspecified atom stereocenters. The molecule has 140 valence electrons. The molecule has 0 spiro atoms. The fraction of sp³-hybridized carbons (Fsp3) is 0.391. The van der Waals surface area contributed by atoms with Crippen LogP contribution in [0.5, 0.6) is 0 Å². The molecular formula is C23H26N2O2. The lowest BCUT2D eigenvalue weighted by Crippen LogP contribution is -2.37. The van der Waals surface area contributed by atoms with E-state index in [0.29, 0.717) is 0 Å². The molecule has 4 rings (SSSR count). The Labute approximate surface area is 160 Å². The van der Waals surface area contributed by atoms with E-state index in [1.165, 1.54) is 6.42 Å². The predicted octanol–water partition coefficient (Wildman–Crippen LogP) is 4.21. The van der Waals surface area contributed by atoms with Gasteiger partial charge in [0.15, 0.2) is 0 Å². The van der Waals surface area contributed by atoms with Crippen LogP contribution >= 0.6 is 0 Å². The number of benzene rings is 2. The number of carbonyl (C=O) groups is 2. The Morgan fingerprint density at radius 3 is 2.37 bits per heavy atom. The summed E-state index contributed by atoms with van der Waals surface area (Å²) < 4.78 is 0. The zero-order valence-electron chi connectivity index (χ0n) is 15.9. The lowest BCUT2D eigenvalue weighted by Gasteiger charge is -2.31. The van der Waals surface area contributed by atoms with Gasteiger partial charge >= 0.3 is 0 Å². The summed E-state index contributed by atoms with van der Waals surface area (Å²) in [6, 6.07) is 13.6. The lowest BCUT2D eigenvalue weighted by molar-refractivity contribution is 0.0724. The molecule has 4 nitrogen and oxygen atoms in total. The van der Waals surface area contributed by atoms with Crippen molar-refractivity contribution in [3.63, 3.8) is 0 Å². The number of hydrogen-bond acceptors (Lipinski definition) is 2. The van der Waals surface area contributed by atoms with Gasteiger partial charge in [-0.3, -0.25) is 9.59 Å². The molecule has 0 radical (unpaired) electrons. The molecule has 2 aromatic carbocycles. The van der Waals surface area contributed by atoms with Crippen molar-refractivity contribution in [2.24, 2.45) is 0 Å². The first-order chi connectivity index (χ1) is 13.1. The molecule has 1 saturated heterocycles. The normalized spacial score (nSPS) is 16.8. The zero-order valence-corrected chi connectivity index (χ0v) is 15.9. The van der Waals surface area contributed by atoms with Gasteiger partial charge in [0.05, 0.1) is 0 Å². The van der Waals surface area contributed by atoms with Crippen LogP contribution in [0.25, 0.3) is 0 Å². The third kappa shape index (κ3) is 3.61. The van der Waals surface area contributed by atoms with Gasteiger partial charge in [0.2, 0.25) is 0 Å². The minimum atomic E-state index is 0.0368. The fourth-order valence-corrected chi connectivity index (χ4v) is 4.15. The summed E-state index contributed by atoms with van der Waals surface area (Å²) in [6.45, 7) is 4.43. The van der Waals surface area contributed by atoms with E-state index >= 15 is 0 Å². The van der Waals surface area contributed by atoms with E-state index in [1.807, 2.05) is 59.2 Å². The van der Waals surface area contributed by atoms with E-state index in [-0.39, 0.29) is 11.8 Å². The first-order valence-electron chi connectivity index (χ1n) is 9.94. The summed E-state index contributed by atoms with van der Waals surface area (Å²) in [5.74, 6) is 0.161. The summed E-state index contributed by atoms with van der Waals surface area (Å²) >= 11 is 0. The maximum absolute atomic E-state index is 13.0. The van der Waals surface area contributed by atoms with Gasteiger partial charge in [-0.1, -0.05) is 17.7 Å². The van der Waals surface area contributed by atoms with Crippen LogP contribution in [-0.4, -0.2) is 36.3 Å². The lowest BCUT2D eigenvalue weighted by atomic mass is 9.97. The Hall–Kier alpha value is -2.62. The van der Waals surface area contributed by atoms with Crippen molar-refractivity contribution in [3.8, 4) is 0 Å². The highest BCUT2D eigenvalue weighted by Crippen LogP contribution is 2.30. The van der Waals surface area contributed by atoms with Gasteiger partial charge < -0.3 is 9.80 Å². The van der Waals surface area contributed by atoms with Crippen molar-refractivity contribution in [3.05, 3.63) is 64.7 Å². The summed E-state index contributed by atoms with van der Waals surface area (Å²) in [4.78, 5) is 29.7. The van der Waals surface area contributed by atoms with E-state index < -0.39 is 0 Å². The quantitative estimate of drug-likeness (QED) is 0.803. The van der Waals surface area contributed by atoms with Crippen LogP contribution in [0.15, 0.2) is 42.5 Å². The van der Waals surface area contributed by atoms with Crippen LogP contribution in [-0.2, 0) is 6.42 Å². The van der Waals surface area contributed by atoms with E-state index in [9.17, 15) is 9.59 Å². The van der Waals surface area contributed by atoms with Gasteiger partial charge in [-0.15, -0.1) is 0 Å². The van der Waals surface area contributed by atoms with E-state index in [2.05, 4.69) is 0 Å². The molecule has 4 heteroatoms. The van der Waals surface area contributed by atoms with E-state index in [1.54, 1.807) is 0 Å². The van der Waals surface area contributed by atoms with E-state index in [4.69, 9.17) is 0 Å². The van der Waals surface area contributed by atoms with Gasteiger partial charge in [-0.25, -0.2) is 0 Å². The smallest absolute Gasteiger partial charge is 0.258 e. The van der Waals surface area contributed by atoms with Gasteiger partial charge in [0, 0.05) is 36.4 Å². The third-order valence-corrected chi connectivity index (χ3v) is 5.60. The minimum Gasteiger partial charge on any atom is -0.339 e. The molecule has 0 aromatic heterocycles. The SMILES string of the molecule is Cc1cccc(C(=O)N2CCCc3cc(C(=O)N4CCCCC4)ccc32)c1. The van der Waals surface area contributed by atoms with Crippen LogP contribution in [0.3, 0.4) is 0 Å². The molecule has 0 aliphatic carbocycles. The van der Waals surface area contributed by atoms with Crippen LogP contribution in [0.2, 0.25) is 0 Å². The maximum atomic E-state index is 13.0. The number of aryl methyl sites for hydroxylation is 2. The summed E-state index contributed by atoms with van der Waals surface area (Å²) in [6.07, 6.45) is 5.23. The Balaban J connectivity index is 1.60. The molecule has 2 aliphatic heterocycles. The number of nitrogens with zero attached hydrogens (tertiary/aromatic N) is 2. The third-order valence-electron chi connectivity index (χ3n) is 5.60. The number of likely N-dealkylation sites (tertiary alicyclic amines) is 1. The molecule has 0 N–H and O–H groups in total. The molecule has 0 atom stereocenters. The average molecular weight is 362 g/mol.